The molecule has 1 heterocycles. The Kier molecular flexibility index (Phi) is 5.70. The fourth-order valence-electron chi connectivity index (χ4n) is 2.32. The molecule has 4 nitrogen and oxygen atoms in total. The van der Waals surface area contributed by atoms with Gasteiger partial charge in [-0.15, -0.1) is 0 Å². The number of fused-ring (bicyclic) bond motifs is 1. The van der Waals surface area contributed by atoms with E-state index in [-0.39, 0.29) is 5.76 Å². The number of hydrogen-bond acceptors (Lipinski definition) is 4. The number of aliphatic hydroxyl groups is 1. The second-order valence-corrected chi connectivity index (χ2v) is 5.65. The van der Waals surface area contributed by atoms with Gasteiger partial charge in [0.25, 0.3) is 0 Å². The van der Waals surface area contributed by atoms with E-state index < -0.39 is 0 Å². The Balaban J connectivity index is 2.00. The van der Waals surface area contributed by atoms with Crippen LogP contribution in [-0.2, 0) is 13.6 Å². The first-order valence-electron chi connectivity index (χ1n) is 7.28. The maximum Gasteiger partial charge on any atom is 0.123 e. The van der Waals surface area contributed by atoms with Crippen LogP contribution < -0.4 is 5.32 Å². The van der Waals surface area contributed by atoms with Gasteiger partial charge < -0.3 is 15.0 Å². The molecule has 0 aliphatic rings. The topological polar surface area (TPSA) is 50.1 Å². The van der Waals surface area contributed by atoms with Crippen molar-refractivity contribution in [1.29, 1.82) is 0 Å². The van der Waals surface area contributed by atoms with Crippen molar-refractivity contribution in [2.45, 2.75) is 25.8 Å². The first kappa shape index (κ1) is 15.9. The third-order valence-corrected chi connectivity index (χ3v) is 3.92. The van der Waals surface area contributed by atoms with Crippen molar-refractivity contribution < 1.29 is 5.11 Å². The summed E-state index contributed by atoms with van der Waals surface area (Å²) >= 11 is 4.21. The molecule has 2 N–H and O–H groups in total. The number of aliphatic hydroxyl groups excluding tert-OH is 1. The highest BCUT2D eigenvalue weighted by Crippen LogP contribution is 2.19. The van der Waals surface area contributed by atoms with Crippen LogP contribution in [0.2, 0.25) is 0 Å². The number of imidazole rings is 1. The van der Waals surface area contributed by atoms with Gasteiger partial charge in [0, 0.05) is 12.6 Å². The predicted octanol–water partition coefficient (Wildman–Crippen LogP) is 3.29. The molecule has 21 heavy (non-hydrogen) atoms. The summed E-state index contributed by atoms with van der Waals surface area (Å²) in [6, 6.07) is 5.68. The summed E-state index contributed by atoms with van der Waals surface area (Å²) in [5.41, 5.74) is 2.68. The van der Waals surface area contributed by atoms with Crippen LogP contribution in [0, 0.1) is 0 Å². The quantitative estimate of drug-likeness (QED) is 0.398. The van der Waals surface area contributed by atoms with Crippen molar-refractivity contribution in [2.75, 3.05) is 12.3 Å². The third kappa shape index (κ3) is 4.02. The van der Waals surface area contributed by atoms with Crippen LogP contribution in [0.25, 0.3) is 16.8 Å². The zero-order valence-corrected chi connectivity index (χ0v) is 13.4. The van der Waals surface area contributed by atoms with Crippen molar-refractivity contribution in [3.05, 3.63) is 36.2 Å². The molecule has 0 saturated heterocycles. The van der Waals surface area contributed by atoms with E-state index in [1.807, 2.05) is 25.2 Å². The van der Waals surface area contributed by atoms with Gasteiger partial charge in [-0.25, -0.2) is 4.98 Å². The Bertz CT molecular complexity index is 621. The van der Waals surface area contributed by atoms with Crippen LogP contribution in [0.1, 0.15) is 30.7 Å². The smallest absolute Gasteiger partial charge is 0.123 e. The Morgan fingerprint density at radius 3 is 2.90 bits per heavy atom. The van der Waals surface area contributed by atoms with Gasteiger partial charge in [0.2, 0.25) is 0 Å². The van der Waals surface area contributed by atoms with E-state index >= 15 is 0 Å². The lowest BCUT2D eigenvalue weighted by Crippen LogP contribution is -2.17. The van der Waals surface area contributed by atoms with Gasteiger partial charge in [-0.3, -0.25) is 0 Å². The number of thiol groups is 1. The molecular formula is C16H23N3OS. The highest BCUT2D eigenvalue weighted by Gasteiger charge is 2.08. The van der Waals surface area contributed by atoms with Gasteiger partial charge in [0.05, 0.1) is 17.6 Å². The van der Waals surface area contributed by atoms with Crippen molar-refractivity contribution in [1.82, 2.24) is 14.9 Å². The summed E-state index contributed by atoms with van der Waals surface area (Å²) in [5.74, 6) is 2.05. The maximum atomic E-state index is 9.48. The van der Waals surface area contributed by atoms with Gasteiger partial charge in [0.1, 0.15) is 11.6 Å². The van der Waals surface area contributed by atoms with E-state index in [1.54, 1.807) is 0 Å². The van der Waals surface area contributed by atoms with E-state index in [2.05, 4.69) is 34.1 Å². The van der Waals surface area contributed by atoms with Crippen LogP contribution in [0.5, 0.6) is 0 Å². The summed E-state index contributed by atoms with van der Waals surface area (Å²) in [5, 5.41) is 12.9. The number of unbranched alkanes of at least 4 members (excludes halogenated alkanes) is 2. The van der Waals surface area contributed by atoms with Gasteiger partial charge in [-0.05, 0) is 43.3 Å². The molecule has 1 aromatic heterocycles. The first-order valence-corrected chi connectivity index (χ1v) is 7.92. The number of hydrogen-bond donors (Lipinski definition) is 3. The first-order chi connectivity index (χ1) is 10.1. The molecule has 114 valence electrons. The average molecular weight is 305 g/mol. The van der Waals surface area contributed by atoms with Crippen LogP contribution in [-0.4, -0.2) is 27.0 Å². The molecule has 0 bridgehead atoms. The minimum atomic E-state index is 0.0852. The number of aryl methyl sites for hydroxylation is 1. The van der Waals surface area contributed by atoms with Gasteiger partial charge in [-0.1, -0.05) is 13.0 Å². The fraction of sp³-hybridized carbons (Fsp3) is 0.438. The standard InChI is InChI=1S/C16H23N3OS/c1-12(20)13-6-7-14-15(10-13)19(2)16(18-14)11-17-8-4-3-5-9-21/h6-7,10,17,20-21H,1,3-5,8-9,11H2,2H3. The molecule has 0 aliphatic carbocycles. The van der Waals surface area contributed by atoms with Crippen molar-refractivity contribution in [2.24, 2.45) is 7.05 Å². The SMILES string of the molecule is C=C(O)c1ccc2nc(CNCCCCCS)n(C)c2c1. The molecule has 2 aromatic rings. The summed E-state index contributed by atoms with van der Waals surface area (Å²) in [6.45, 7) is 5.31. The lowest BCUT2D eigenvalue weighted by molar-refractivity contribution is 0.514. The van der Waals surface area contributed by atoms with Gasteiger partial charge >= 0.3 is 0 Å². The van der Waals surface area contributed by atoms with E-state index in [1.165, 1.54) is 19.3 Å². The number of aromatic nitrogens is 2. The molecule has 0 saturated carbocycles. The summed E-state index contributed by atoms with van der Waals surface area (Å²) in [6.07, 6.45) is 3.55. The molecule has 2 rings (SSSR count). The Labute approximate surface area is 131 Å². The Hall–Kier alpha value is -1.46. The predicted molar refractivity (Wildman–Crippen MR) is 91.8 cm³/mol. The van der Waals surface area contributed by atoms with E-state index in [4.69, 9.17) is 0 Å². The van der Waals surface area contributed by atoms with Crippen molar-refractivity contribution in [3.8, 4) is 0 Å². The molecule has 0 unspecified atom stereocenters. The van der Waals surface area contributed by atoms with Gasteiger partial charge in [0.15, 0.2) is 0 Å². The lowest BCUT2D eigenvalue weighted by Gasteiger charge is -2.05. The van der Waals surface area contributed by atoms with Crippen molar-refractivity contribution >= 4 is 29.4 Å². The molecule has 0 spiro atoms. The summed E-state index contributed by atoms with van der Waals surface area (Å²) < 4.78 is 2.06. The summed E-state index contributed by atoms with van der Waals surface area (Å²) in [7, 11) is 2.00. The maximum absolute atomic E-state index is 9.48. The Morgan fingerprint density at radius 2 is 2.19 bits per heavy atom. The molecule has 1 aromatic carbocycles. The second-order valence-electron chi connectivity index (χ2n) is 5.20. The van der Waals surface area contributed by atoms with E-state index in [0.717, 1.165) is 41.3 Å². The number of benzene rings is 1. The number of nitrogens with one attached hydrogen (secondary N) is 1. The molecule has 0 aliphatic heterocycles. The minimum Gasteiger partial charge on any atom is -0.508 e. The molecule has 0 amide bonds. The normalized spacial score (nSPS) is 11.1. The molecule has 0 atom stereocenters. The zero-order chi connectivity index (χ0) is 15.2. The highest BCUT2D eigenvalue weighted by atomic mass is 32.1. The largest absolute Gasteiger partial charge is 0.508 e. The fourth-order valence-corrected chi connectivity index (χ4v) is 2.54. The van der Waals surface area contributed by atoms with E-state index in [9.17, 15) is 5.11 Å². The minimum absolute atomic E-state index is 0.0852. The van der Waals surface area contributed by atoms with Crippen molar-refractivity contribution in [3.63, 3.8) is 0 Å². The van der Waals surface area contributed by atoms with E-state index in [0.29, 0.717) is 0 Å². The molecule has 5 heteroatoms. The van der Waals surface area contributed by atoms with Crippen LogP contribution in [0.3, 0.4) is 0 Å². The number of nitrogens with zero attached hydrogens (tertiary/aromatic N) is 2. The molecular weight excluding hydrogens is 282 g/mol. The zero-order valence-electron chi connectivity index (χ0n) is 12.5. The van der Waals surface area contributed by atoms with Crippen LogP contribution in [0.15, 0.2) is 24.8 Å². The Morgan fingerprint density at radius 1 is 1.38 bits per heavy atom. The third-order valence-electron chi connectivity index (χ3n) is 3.60. The summed E-state index contributed by atoms with van der Waals surface area (Å²) in [4.78, 5) is 4.62. The molecule has 0 radical (unpaired) electrons. The second kappa shape index (κ2) is 7.52. The molecule has 0 fully saturated rings. The van der Waals surface area contributed by atoms with Crippen LogP contribution in [0.4, 0.5) is 0 Å². The highest BCUT2D eigenvalue weighted by molar-refractivity contribution is 7.80. The lowest BCUT2D eigenvalue weighted by atomic mass is 10.2. The monoisotopic (exact) mass is 305 g/mol. The van der Waals surface area contributed by atoms with Crippen LogP contribution >= 0.6 is 12.6 Å². The number of rotatable bonds is 8. The average Bonchev–Trinajstić information content (AvgIpc) is 2.79. The van der Waals surface area contributed by atoms with Gasteiger partial charge in [-0.2, -0.15) is 12.6 Å².